The van der Waals surface area contributed by atoms with Crippen LogP contribution in [0.25, 0.3) is 0 Å². The van der Waals surface area contributed by atoms with Crippen LogP contribution in [0.3, 0.4) is 0 Å². The fourth-order valence-corrected chi connectivity index (χ4v) is 2.51. The summed E-state index contributed by atoms with van der Waals surface area (Å²) >= 11 is 6.03. The van der Waals surface area contributed by atoms with Crippen molar-refractivity contribution in [1.29, 1.82) is 0 Å². The van der Waals surface area contributed by atoms with Gasteiger partial charge in [0.1, 0.15) is 0 Å². The highest BCUT2D eigenvalue weighted by atomic mass is 35.5. The molecule has 0 saturated heterocycles. The maximum atomic E-state index is 12.1. The van der Waals surface area contributed by atoms with Crippen LogP contribution in [0.15, 0.2) is 36.8 Å². The van der Waals surface area contributed by atoms with E-state index in [4.69, 9.17) is 11.6 Å². The summed E-state index contributed by atoms with van der Waals surface area (Å²) in [4.78, 5) is 16.2. The van der Waals surface area contributed by atoms with Crippen molar-refractivity contribution in [3.63, 3.8) is 0 Å². The lowest BCUT2D eigenvalue weighted by atomic mass is 10.2. The van der Waals surface area contributed by atoms with Gasteiger partial charge in [-0.2, -0.15) is 0 Å². The molecule has 1 heterocycles. The van der Waals surface area contributed by atoms with Gasteiger partial charge in [-0.05, 0) is 18.6 Å². The van der Waals surface area contributed by atoms with E-state index in [0.717, 1.165) is 12.1 Å². The van der Waals surface area contributed by atoms with Gasteiger partial charge in [-0.3, -0.25) is 4.79 Å². The van der Waals surface area contributed by atoms with Crippen LogP contribution in [0.5, 0.6) is 0 Å². The maximum absolute atomic E-state index is 12.1. The second-order valence-electron chi connectivity index (χ2n) is 4.85. The maximum Gasteiger partial charge on any atom is 0.228 e. The van der Waals surface area contributed by atoms with Crippen LogP contribution < -0.4 is 5.32 Å². The summed E-state index contributed by atoms with van der Waals surface area (Å²) in [6.07, 6.45) is 4.46. The lowest BCUT2D eigenvalue weighted by Crippen LogP contribution is -2.15. The Hall–Kier alpha value is -1.81. The smallest absolute Gasteiger partial charge is 0.228 e. The minimum atomic E-state index is 0.0201. The van der Waals surface area contributed by atoms with Crippen molar-refractivity contribution in [2.24, 2.45) is 13.0 Å². The van der Waals surface area contributed by atoms with E-state index in [1.165, 1.54) is 0 Å². The predicted octanol–water partition coefficient (Wildman–Crippen LogP) is 2.82. The average Bonchev–Trinajstić information content (AvgIpc) is 3.08. The Kier molecular flexibility index (Phi) is 3.03. The first kappa shape index (κ1) is 12.2. The molecular formula is C14H14ClN3O. The first-order valence-corrected chi connectivity index (χ1v) is 6.56. The minimum absolute atomic E-state index is 0.0201. The van der Waals surface area contributed by atoms with E-state index in [0.29, 0.717) is 10.7 Å². The highest BCUT2D eigenvalue weighted by Gasteiger charge is 2.45. The SMILES string of the molecule is Cn1cncc1[C@@H]1C[C@H]1C(=O)Nc1ccccc1Cl. The number of imidazole rings is 1. The third-order valence-corrected chi connectivity index (χ3v) is 3.82. The average molecular weight is 276 g/mol. The standard InChI is InChI=1S/C14H14ClN3O/c1-18-8-16-7-13(18)9-6-10(9)14(19)17-12-5-3-2-4-11(12)15/h2-5,7-10H,6H2,1H3,(H,17,19)/t9-,10-/m1/s1. The van der Waals surface area contributed by atoms with Crippen LogP contribution in [0, 0.1) is 5.92 Å². The molecule has 4 nitrogen and oxygen atoms in total. The summed E-state index contributed by atoms with van der Waals surface area (Å²) in [6.45, 7) is 0. The van der Waals surface area contributed by atoms with Gasteiger partial charge in [-0.25, -0.2) is 4.98 Å². The van der Waals surface area contributed by atoms with Crippen molar-refractivity contribution in [2.45, 2.75) is 12.3 Å². The van der Waals surface area contributed by atoms with Crippen molar-refractivity contribution in [2.75, 3.05) is 5.32 Å². The molecule has 0 spiro atoms. The molecule has 1 aromatic carbocycles. The number of halogens is 1. The number of anilines is 1. The molecule has 1 aromatic heterocycles. The van der Waals surface area contributed by atoms with Gasteiger partial charge in [0.15, 0.2) is 0 Å². The summed E-state index contributed by atoms with van der Waals surface area (Å²) in [7, 11) is 1.95. The molecule has 1 N–H and O–H groups in total. The largest absolute Gasteiger partial charge is 0.337 e. The fourth-order valence-electron chi connectivity index (χ4n) is 2.32. The zero-order valence-electron chi connectivity index (χ0n) is 10.5. The first-order valence-electron chi connectivity index (χ1n) is 6.18. The zero-order chi connectivity index (χ0) is 13.4. The first-order chi connectivity index (χ1) is 9.16. The van der Waals surface area contributed by atoms with Crippen molar-refractivity contribution in [3.05, 3.63) is 47.5 Å². The Labute approximate surface area is 116 Å². The third-order valence-electron chi connectivity index (χ3n) is 3.49. The van der Waals surface area contributed by atoms with Gasteiger partial charge in [0.05, 0.1) is 17.0 Å². The van der Waals surface area contributed by atoms with Gasteiger partial charge in [-0.1, -0.05) is 23.7 Å². The van der Waals surface area contributed by atoms with Gasteiger partial charge >= 0.3 is 0 Å². The molecule has 98 valence electrons. The highest BCUT2D eigenvalue weighted by molar-refractivity contribution is 6.33. The van der Waals surface area contributed by atoms with Crippen LogP contribution in [0.1, 0.15) is 18.0 Å². The monoisotopic (exact) mass is 275 g/mol. The molecule has 5 heteroatoms. The number of hydrogen-bond donors (Lipinski definition) is 1. The third kappa shape index (κ3) is 2.36. The van der Waals surface area contributed by atoms with E-state index in [1.54, 1.807) is 12.4 Å². The second-order valence-corrected chi connectivity index (χ2v) is 5.25. The number of aryl methyl sites for hydroxylation is 1. The lowest BCUT2D eigenvalue weighted by Gasteiger charge is -2.06. The number of nitrogens with zero attached hydrogens (tertiary/aromatic N) is 2. The number of amides is 1. The number of para-hydroxylation sites is 1. The molecule has 3 rings (SSSR count). The Morgan fingerprint density at radius 3 is 2.95 bits per heavy atom. The van der Waals surface area contributed by atoms with Crippen molar-refractivity contribution in [3.8, 4) is 0 Å². The molecule has 1 amide bonds. The number of hydrogen-bond acceptors (Lipinski definition) is 2. The second kappa shape index (κ2) is 4.70. The molecule has 0 bridgehead atoms. The molecule has 1 fully saturated rings. The van der Waals surface area contributed by atoms with Gasteiger partial charge in [-0.15, -0.1) is 0 Å². The van der Waals surface area contributed by atoms with Crippen LogP contribution >= 0.6 is 11.6 Å². The molecule has 0 aliphatic heterocycles. The molecule has 2 aromatic rings. The van der Waals surface area contributed by atoms with Gasteiger partial charge in [0, 0.05) is 30.8 Å². The number of rotatable bonds is 3. The Bertz CT molecular complexity index is 623. The summed E-state index contributed by atoms with van der Waals surface area (Å²) in [5.41, 5.74) is 1.78. The summed E-state index contributed by atoms with van der Waals surface area (Å²) in [6, 6.07) is 7.27. The van der Waals surface area contributed by atoms with Crippen LogP contribution in [0.4, 0.5) is 5.69 Å². The van der Waals surface area contributed by atoms with Crippen molar-refractivity contribution in [1.82, 2.24) is 9.55 Å². The fraction of sp³-hybridized carbons (Fsp3) is 0.286. The topological polar surface area (TPSA) is 46.9 Å². The Morgan fingerprint density at radius 2 is 2.26 bits per heavy atom. The summed E-state index contributed by atoms with van der Waals surface area (Å²) in [5.74, 6) is 0.320. The molecule has 0 radical (unpaired) electrons. The lowest BCUT2D eigenvalue weighted by molar-refractivity contribution is -0.117. The van der Waals surface area contributed by atoms with Crippen LogP contribution in [-0.4, -0.2) is 15.5 Å². The number of aromatic nitrogens is 2. The highest BCUT2D eigenvalue weighted by Crippen LogP contribution is 2.47. The van der Waals surface area contributed by atoms with Crippen molar-refractivity contribution >= 4 is 23.2 Å². The quantitative estimate of drug-likeness (QED) is 0.936. The molecule has 1 saturated carbocycles. The van der Waals surface area contributed by atoms with Gasteiger partial charge in [0.2, 0.25) is 5.91 Å². The summed E-state index contributed by atoms with van der Waals surface area (Å²) < 4.78 is 1.97. The normalized spacial score (nSPS) is 21.2. The predicted molar refractivity (Wildman–Crippen MR) is 74.1 cm³/mol. The van der Waals surface area contributed by atoms with Gasteiger partial charge < -0.3 is 9.88 Å². The van der Waals surface area contributed by atoms with Crippen LogP contribution in [-0.2, 0) is 11.8 Å². The van der Waals surface area contributed by atoms with E-state index in [-0.39, 0.29) is 17.7 Å². The Morgan fingerprint density at radius 1 is 1.47 bits per heavy atom. The van der Waals surface area contributed by atoms with E-state index in [1.807, 2.05) is 36.0 Å². The summed E-state index contributed by atoms with van der Waals surface area (Å²) in [5, 5.41) is 3.45. The van der Waals surface area contributed by atoms with E-state index < -0.39 is 0 Å². The molecule has 2 atom stereocenters. The number of nitrogens with one attached hydrogen (secondary N) is 1. The molecular weight excluding hydrogens is 262 g/mol. The van der Waals surface area contributed by atoms with Crippen LogP contribution in [0.2, 0.25) is 5.02 Å². The molecule has 1 aliphatic carbocycles. The molecule has 0 unspecified atom stereocenters. The van der Waals surface area contributed by atoms with Gasteiger partial charge in [0.25, 0.3) is 0 Å². The number of carbonyl (C=O) groups excluding carboxylic acids is 1. The number of benzene rings is 1. The minimum Gasteiger partial charge on any atom is -0.337 e. The zero-order valence-corrected chi connectivity index (χ0v) is 11.3. The van der Waals surface area contributed by atoms with Crippen molar-refractivity contribution < 1.29 is 4.79 Å². The molecule has 1 aliphatic rings. The number of carbonyl (C=O) groups is 1. The van der Waals surface area contributed by atoms with E-state index >= 15 is 0 Å². The van der Waals surface area contributed by atoms with E-state index in [9.17, 15) is 4.79 Å². The van der Waals surface area contributed by atoms with E-state index in [2.05, 4.69) is 10.3 Å². The Balaban J connectivity index is 1.68. The molecule has 19 heavy (non-hydrogen) atoms.